The van der Waals surface area contributed by atoms with Gasteiger partial charge in [-0.1, -0.05) is 12.1 Å². The molecule has 0 atom stereocenters. The number of benzene rings is 1. The summed E-state index contributed by atoms with van der Waals surface area (Å²) in [7, 11) is 0. The summed E-state index contributed by atoms with van der Waals surface area (Å²) in [6, 6.07) is 6.42. The van der Waals surface area contributed by atoms with Gasteiger partial charge in [0, 0.05) is 18.6 Å². The van der Waals surface area contributed by atoms with E-state index in [4.69, 9.17) is 9.84 Å². The number of esters is 1. The van der Waals surface area contributed by atoms with Gasteiger partial charge in [-0.3, -0.25) is 9.59 Å². The Bertz CT molecular complexity index is 360. The summed E-state index contributed by atoms with van der Waals surface area (Å²) in [4.78, 5) is 21.8. The number of carbonyl (C=O) groups excluding carboxylic acids is 2. The molecule has 1 rings (SSSR count). The fourth-order valence-electron chi connectivity index (χ4n) is 1.21. The molecule has 1 aromatic rings. The Morgan fingerprint density at radius 1 is 1.38 bits per heavy atom. The molecule has 0 spiro atoms. The number of rotatable bonds is 6. The third-order valence-corrected chi connectivity index (χ3v) is 2.01. The zero-order valence-electron chi connectivity index (χ0n) is 8.89. The number of unbranched alkanes of at least 4 members (excludes halogenated alkanes) is 1. The summed E-state index contributed by atoms with van der Waals surface area (Å²) in [5, 5.41) is 8.55. The SMILES string of the molecule is O=Cc1cccc(OC(=O)CCCCO)c1. The Morgan fingerprint density at radius 2 is 2.19 bits per heavy atom. The van der Waals surface area contributed by atoms with Crippen LogP contribution in [0.5, 0.6) is 5.75 Å². The van der Waals surface area contributed by atoms with E-state index in [1.54, 1.807) is 18.2 Å². The van der Waals surface area contributed by atoms with Crippen molar-refractivity contribution >= 4 is 12.3 Å². The second-order valence-corrected chi connectivity index (χ2v) is 3.35. The first-order valence-corrected chi connectivity index (χ1v) is 5.13. The Morgan fingerprint density at radius 3 is 2.88 bits per heavy atom. The first-order chi connectivity index (χ1) is 7.76. The summed E-state index contributed by atoms with van der Waals surface area (Å²) >= 11 is 0. The number of hydrogen-bond donors (Lipinski definition) is 1. The van der Waals surface area contributed by atoms with Gasteiger partial charge in [-0.2, -0.15) is 0 Å². The van der Waals surface area contributed by atoms with Crippen molar-refractivity contribution in [3.05, 3.63) is 29.8 Å². The van der Waals surface area contributed by atoms with Gasteiger partial charge >= 0.3 is 5.97 Å². The largest absolute Gasteiger partial charge is 0.427 e. The predicted octanol–water partition coefficient (Wildman–Crippen LogP) is 1.57. The molecule has 0 radical (unpaired) electrons. The highest BCUT2D eigenvalue weighted by molar-refractivity contribution is 5.77. The van der Waals surface area contributed by atoms with Crippen LogP contribution in [0.1, 0.15) is 29.6 Å². The highest BCUT2D eigenvalue weighted by Gasteiger charge is 2.04. The molecule has 1 N–H and O–H groups in total. The lowest BCUT2D eigenvalue weighted by Crippen LogP contribution is -2.07. The summed E-state index contributed by atoms with van der Waals surface area (Å²) < 4.78 is 5.02. The second-order valence-electron chi connectivity index (χ2n) is 3.35. The number of ether oxygens (including phenoxy) is 1. The summed E-state index contributed by atoms with van der Waals surface area (Å²) in [6.07, 6.45) is 2.15. The van der Waals surface area contributed by atoms with Crippen LogP contribution in [0, 0.1) is 0 Å². The molecule has 0 saturated heterocycles. The molecular weight excluding hydrogens is 208 g/mol. The highest BCUT2D eigenvalue weighted by Crippen LogP contribution is 2.13. The van der Waals surface area contributed by atoms with Crippen molar-refractivity contribution in [3.63, 3.8) is 0 Å². The van der Waals surface area contributed by atoms with Gasteiger partial charge in [0.05, 0.1) is 0 Å². The normalized spacial score (nSPS) is 9.81. The number of aliphatic hydroxyl groups is 1. The first-order valence-electron chi connectivity index (χ1n) is 5.13. The maximum Gasteiger partial charge on any atom is 0.311 e. The lowest BCUT2D eigenvalue weighted by Gasteiger charge is -2.03. The van der Waals surface area contributed by atoms with E-state index in [1.807, 2.05) is 0 Å². The quantitative estimate of drug-likeness (QED) is 0.343. The molecule has 0 fully saturated rings. The first kappa shape index (κ1) is 12.4. The fraction of sp³-hybridized carbons (Fsp3) is 0.333. The monoisotopic (exact) mass is 222 g/mol. The van der Waals surface area contributed by atoms with E-state index in [0.717, 1.165) is 0 Å². The minimum absolute atomic E-state index is 0.0773. The van der Waals surface area contributed by atoms with Crippen molar-refractivity contribution in [3.8, 4) is 5.75 Å². The molecule has 0 aromatic heterocycles. The minimum Gasteiger partial charge on any atom is -0.427 e. The number of hydrogen-bond acceptors (Lipinski definition) is 4. The van der Waals surface area contributed by atoms with Crippen LogP contribution in [0.2, 0.25) is 0 Å². The van der Waals surface area contributed by atoms with Crippen LogP contribution in [0.4, 0.5) is 0 Å². The molecule has 1 aromatic carbocycles. The van der Waals surface area contributed by atoms with Crippen molar-refractivity contribution in [2.24, 2.45) is 0 Å². The zero-order valence-corrected chi connectivity index (χ0v) is 8.89. The minimum atomic E-state index is -0.350. The van der Waals surface area contributed by atoms with Gasteiger partial charge in [-0.15, -0.1) is 0 Å². The van der Waals surface area contributed by atoms with Crippen LogP contribution in [-0.4, -0.2) is 24.0 Å². The lowest BCUT2D eigenvalue weighted by molar-refractivity contribution is -0.134. The molecule has 16 heavy (non-hydrogen) atoms. The van der Waals surface area contributed by atoms with E-state index >= 15 is 0 Å². The van der Waals surface area contributed by atoms with Gasteiger partial charge < -0.3 is 9.84 Å². The van der Waals surface area contributed by atoms with Gasteiger partial charge in [0.25, 0.3) is 0 Å². The molecule has 4 nitrogen and oxygen atoms in total. The van der Waals surface area contributed by atoms with Crippen molar-refractivity contribution in [1.82, 2.24) is 0 Å². The van der Waals surface area contributed by atoms with Crippen LogP contribution in [-0.2, 0) is 4.79 Å². The van der Waals surface area contributed by atoms with Gasteiger partial charge in [-0.05, 0) is 25.0 Å². The maximum atomic E-state index is 11.3. The van der Waals surface area contributed by atoms with E-state index in [0.29, 0.717) is 30.4 Å². The molecule has 0 heterocycles. The van der Waals surface area contributed by atoms with E-state index in [-0.39, 0.29) is 19.0 Å². The van der Waals surface area contributed by atoms with Crippen molar-refractivity contribution in [2.75, 3.05) is 6.61 Å². The molecule has 0 aliphatic rings. The smallest absolute Gasteiger partial charge is 0.311 e. The van der Waals surface area contributed by atoms with Gasteiger partial charge in [0.2, 0.25) is 0 Å². The Labute approximate surface area is 93.9 Å². The number of aliphatic hydroxyl groups excluding tert-OH is 1. The molecule has 0 amide bonds. The van der Waals surface area contributed by atoms with Gasteiger partial charge in [0.15, 0.2) is 0 Å². The van der Waals surface area contributed by atoms with Crippen molar-refractivity contribution in [2.45, 2.75) is 19.3 Å². The van der Waals surface area contributed by atoms with Gasteiger partial charge in [0.1, 0.15) is 12.0 Å². The van der Waals surface area contributed by atoms with Crippen LogP contribution < -0.4 is 4.74 Å². The van der Waals surface area contributed by atoms with Crippen LogP contribution >= 0.6 is 0 Å². The molecule has 0 unspecified atom stereocenters. The maximum absolute atomic E-state index is 11.3. The molecule has 0 bridgehead atoms. The molecule has 0 saturated carbocycles. The fourth-order valence-corrected chi connectivity index (χ4v) is 1.21. The van der Waals surface area contributed by atoms with E-state index in [1.165, 1.54) is 6.07 Å². The van der Waals surface area contributed by atoms with Crippen molar-refractivity contribution < 1.29 is 19.4 Å². The Hall–Kier alpha value is -1.68. The van der Waals surface area contributed by atoms with Gasteiger partial charge in [-0.25, -0.2) is 0 Å². The molecule has 86 valence electrons. The molecule has 0 aliphatic carbocycles. The number of aldehydes is 1. The topological polar surface area (TPSA) is 63.6 Å². The Balaban J connectivity index is 2.46. The average Bonchev–Trinajstić information content (AvgIpc) is 2.29. The van der Waals surface area contributed by atoms with Crippen molar-refractivity contribution in [1.29, 1.82) is 0 Å². The standard InChI is InChI=1S/C12H14O4/c13-7-2-1-6-12(15)16-11-5-3-4-10(8-11)9-14/h3-5,8-9,13H,1-2,6-7H2. The van der Waals surface area contributed by atoms with E-state index in [2.05, 4.69) is 0 Å². The Kier molecular flexibility index (Phi) is 5.22. The van der Waals surface area contributed by atoms with E-state index < -0.39 is 0 Å². The third kappa shape index (κ3) is 4.23. The summed E-state index contributed by atoms with van der Waals surface area (Å²) in [5.41, 5.74) is 0.473. The van der Waals surface area contributed by atoms with E-state index in [9.17, 15) is 9.59 Å². The second kappa shape index (κ2) is 6.74. The molecular formula is C12H14O4. The van der Waals surface area contributed by atoms with Crippen LogP contribution in [0.25, 0.3) is 0 Å². The lowest BCUT2D eigenvalue weighted by atomic mass is 10.2. The summed E-state index contributed by atoms with van der Waals surface area (Å²) in [5.74, 6) is 0.0232. The molecule has 0 aliphatic heterocycles. The zero-order chi connectivity index (χ0) is 11.8. The highest BCUT2D eigenvalue weighted by atomic mass is 16.5. The number of carbonyl (C=O) groups is 2. The molecule has 4 heteroatoms. The van der Waals surface area contributed by atoms with Crippen LogP contribution in [0.3, 0.4) is 0 Å². The average molecular weight is 222 g/mol. The third-order valence-electron chi connectivity index (χ3n) is 2.01. The van der Waals surface area contributed by atoms with Crippen LogP contribution in [0.15, 0.2) is 24.3 Å². The predicted molar refractivity (Wildman–Crippen MR) is 58.4 cm³/mol. The summed E-state index contributed by atoms with van der Waals surface area (Å²) in [6.45, 7) is 0.0773.